The van der Waals surface area contributed by atoms with Crippen LogP contribution in [0.4, 0.5) is 0 Å². The van der Waals surface area contributed by atoms with Crippen molar-refractivity contribution >= 4 is 23.5 Å². The zero-order chi connectivity index (χ0) is 21.0. The van der Waals surface area contributed by atoms with Gasteiger partial charge in [-0.3, -0.25) is 0 Å². The van der Waals surface area contributed by atoms with Gasteiger partial charge in [0, 0.05) is 22.7 Å². The van der Waals surface area contributed by atoms with Gasteiger partial charge in [0.25, 0.3) is 0 Å². The summed E-state index contributed by atoms with van der Waals surface area (Å²) in [5, 5.41) is 10.1. The van der Waals surface area contributed by atoms with Gasteiger partial charge in [0.15, 0.2) is 11.4 Å². The van der Waals surface area contributed by atoms with E-state index in [0.29, 0.717) is 34.1 Å². The number of esters is 1. The van der Waals surface area contributed by atoms with Gasteiger partial charge in [-0.15, -0.1) is 0 Å². The molecule has 0 unspecified atom stereocenters. The summed E-state index contributed by atoms with van der Waals surface area (Å²) in [6.07, 6.45) is 0. The Bertz CT molecular complexity index is 1050. The first-order chi connectivity index (χ1) is 13.9. The maximum Gasteiger partial charge on any atom is 0.359 e. The summed E-state index contributed by atoms with van der Waals surface area (Å²) in [5.74, 6) is -2.22. The molecule has 0 aliphatic rings. The molecule has 0 atom stereocenters. The van der Waals surface area contributed by atoms with Gasteiger partial charge in [0.05, 0.1) is 18.0 Å². The van der Waals surface area contributed by atoms with Crippen LogP contribution in [0.2, 0.25) is 5.02 Å². The third-order valence-corrected chi connectivity index (χ3v) is 4.40. The highest BCUT2D eigenvalue weighted by molar-refractivity contribution is 6.30. The number of hydrogen-bond acceptors (Lipinski definition) is 6. The van der Waals surface area contributed by atoms with Crippen LogP contribution in [0, 0.1) is 0 Å². The van der Waals surface area contributed by atoms with E-state index in [1.165, 1.54) is 0 Å². The number of nitrogens with two attached hydrogens (primary N) is 1. The number of aromatic nitrogens is 2. The fourth-order valence-electron chi connectivity index (χ4n) is 2.74. The van der Waals surface area contributed by atoms with Crippen molar-refractivity contribution in [1.82, 2.24) is 9.97 Å². The minimum absolute atomic E-state index is 0.0815. The van der Waals surface area contributed by atoms with Crippen molar-refractivity contribution in [2.24, 2.45) is 5.73 Å². The third kappa shape index (κ3) is 4.42. The molecule has 3 aromatic rings. The summed E-state index contributed by atoms with van der Waals surface area (Å²) in [6, 6.07) is 14.0. The molecule has 0 bridgehead atoms. The molecule has 1 heterocycles. The van der Waals surface area contributed by atoms with Crippen molar-refractivity contribution in [1.29, 1.82) is 0 Å². The molecule has 0 saturated carbocycles. The monoisotopic (exact) mass is 411 g/mol. The summed E-state index contributed by atoms with van der Waals surface area (Å²) < 4.78 is 4.96. The number of rotatable bonds is 6. The predicted molar refractivity (Wildman–Crippen MR) is 109 cm³/mol. The minimum Gasteiger partial charge on any atom is -0.476 e. The van der Waals surface area contributed by atoms with E-state index in [4.69, 9.17) is 22.1 Å². The topological polar surface area (TPSA) is 115 Å². The van der Waals surface area contributed by atoms with Crippen molar-refractivity contribution in [2.75, 3.05) is 6.61 Å². The first-order valence-electron chi connectivity index (χ1n) is 8.82. The van der Waals surface area contributed by atoms with E-state index in [0.717, 1.165) is 5.56 Å². The Morgan fingerprint density at radius 3 is 1.97 bits per heavy atom. The van der Waals surface area contributed by atoms with Crippen molar-refractivity contribution in [3.8, 4) is 22.5 Å². The number of hydrogen-bond donors (Lipinski definition) is 2. The van der Waals surface area contributed by atoms with Crippen LogP contribution in [0.3, 0.4) is 0 Å². The summed E-state index contributed by atoms with van der Waals surface area (Å²) in [6.45, 7) is 2.08. The summed E-state index contributed by atoms with van der Waals surface area (Å²) >= 11 is 5.98. The second kappa shape index (κ2) is 8.81. The largest absolute Gasteiger partial charge is 0.476 e. The molecule has 8 heteroatoms. The molecule has 3 rings (SSSR count). The Hall–Kier alpha value is -3.29. The van der Waals surface area contributed by atoms with E-state index in [2.05, 4.69) is 9.97 Å². The van der Waals surface area contributed by atoms with E-state index in [9.17, 15) is 14.7 Å². The number of carboxylic acid groups (broad SMARTS) is 1. The number of ether oxygens (including phenoxy) is 1. The molecular formula is C21H18ClN3O4. The fraction of sp³-hybridized carbons (Fsp3) is 0.143. The number of halogens is 1. The van der Waals surface area contributed by atoms with Crippen LogP contribution in [-0.2, 0) is 11.3 Å². The molecule has 7 nitrogen and oxygen atoms in total. The van der Waals surface area contributed by atoms with E-state index in [-0.39, 0.29) is 12.3 Å². The second-order valence-corrected chi connectivity index (χ2v) is 6.49. The van der Waals surface area contributed by atoms with Gasteiger partial charge in [-0.25, -0.2) is 19.6 Å². The first kappa shape index (κ1) is 20.4. The molecule has 0 aliphatic heterocycles. The highest BCUT2D eigenvalue weighted by Crippen LogP contribution is 2.31. The highest BCUT2D eigenvalue weighted by atomic mass is 35.5. The molecule has 0 fully saturated rings. The summed E-state index contributed by atoms with van der Waals surface area (Å²) in [5.41, 5.74) is 7.66. The van der Waals surface area contributed by atoms with Crippen molar-refractivity contribution in [3.63, 3.8) is 0 Å². The Morgan fingerprint density at radius 1 is 0.966 bits per heavy atom. The van der Waals surface area contributed by atoms with E-state index >= 15 is 0 Å². The molecule has 29 heavy (non-hydrogen) atoms. The fourth-order valence-corrected chi connectivity index (χ4v) is 2.86. The quantitative estimate of drug-likeness (QED) is 0.592. The smallest absolute Gasteiger partial charge is 0.359 e. The molecule has 1 aromatic heterocycles. The maximum atomic E-state index is 12.3. The van der Waals surface area contributed by atoms with Gasteiger partial charge >= 0.3 is 11.9 Å². The van der Waals surface area contributed by atoms with Crippen molar-refractivity contribution in [3.05, 3.63) is 70.5 Å². The van der Waals surface area contributed by atoms with Gasteiger partial charge in [-0.1, -0.05) is 48.0 Å². The zero-order valence-electron chi connectivity index (χ0n) is 15.6. The molecule has 0 aliphatic carbocycles. The van der Waals surface area contributed by atoms with Crippen LogP contribution in [0.5, 0.6) is 0 Å². The first-order valence-corrected chi connectivity index (χ1v) is 9.20. The number of nitrogens with zero attached hydrogens (tertiary/aromatic N) is 2. The second-order valence-electron chi connectivity index (χ2n) is 6.05. The number of aromatic carboxylic acids is 1. The third-order valence-electron chi connectivity index (χ3n) is 4.15. The standard InChI is InChI=1S/C21H18ClN3O4/c1-2-29-21(28)19-18(20(26)27)24-16(13-5-3-12(11-23)4-6-13)17(25-19)14-7-9-15(22)10-8-14/h3-10H,2,11,23H2,1H3,(H,26,27). The Balaban J connectivity index is 2.28. The van der Waals surface area contributed by atoms with Crippen molar-refractivity contribution < 1.29 is 19.4 Å². The van der Waals surface area contributed by atoms with Gasteiger partial charge in [-0.05, 0) is 24.6 Å². The van der Waals surface area contributed by atoms with Crippen LogP contribution in [-0.4, -0.2) is 33.6 Å². The Morgan fingerprint density at radius 2 is 1.48 bits per heavy atom. The lowest BCUT2D eigenvalue weighted by atomic mass is 10.0. The van der Waals surface area contributed by atoms with Crippen LogP contribution in [0.25, 0.3) is 22.5 Å². The average molecular weight is 412 g/mol. The van der Waals surface area contributed by atoms with Crippen molar-refractivity contribution in [2.45, 2.75) is 13.5 Å². The zero-order valence-corrected chi connectivity index (χ0v) is 16.3. The molecular weight excluding hydrogens is 394 g/mol. The lowest BCUT2D eigenvalue weighted by molar-refractivity contribution is 0.0505. The molecule has 3 N–H and O–H groups in total. The molecule has 2 aromatic carbocycles. The Kier molecular flexibility index (Phi) is 6.21. The molecule has 148 valence electrons. The molecule has 0 radical (unpaired) electrons. The van der Waals surface area contributed by atoms with E-state index < -0.39 is 17.6 Å². The minimum atomic E-state index is -1.37. The summed E-state index contributed by atoms with van der Waals surface area (Å²) in [4.78, 5) is 32.7. The van der Waals surface area contributed by atoms with Gasteiger partial charge in [0.2, 0.25) is 0 Å². The SMILES string of the molecule is CCOC(=O)c1nc(-c2ccc(Cl)cc2)c(-c2ccc(CN)cc2)nc1C(=O)O. The van der Waals surface area contributed by atoms with E-state index in [1.807, 2.05) is 12.1 Å². The number of carbonyl (C=O) groups excluding carboxylic acids is 1. The maximum absolute atomic E-state index is 12.3. The Labute approximate surface area is 172 Å². The number of carbonyl (C=O) groups is 2. The van der Waals surface area contributed by atoms with Gasteiger partial charge in [-0.2, -0.15) is 0 Å². The normalized spacial score (nSPS) is 10.6. The van der Waals surface area contributed by atoms with Crippen LogP contribution in [0.15, 0.2) is 48.5 Å². The lowest BCUT2D eigenvalue weighted by Crippen LogP contribution is -2.17. The van der Waals surface area contributed by atoms with E-state index in [1.54, 1.807) is 43.3 Å². The van der Waals surface area contributed by atoms with Crippen LogP contribution >= 0.6 is 11.6 Å². The van der Waals surface area contributed by atoms with Gasteiger partial charge < -0.3 is 15.6 Å². The molecule has 0 spiro atoms. The highest BCUT2D eigenvalue weighted by Gasteiger charge is 2.26. The average Bonchev–Trinajstić information content (AvgIpc) is 2.73. The summed E-state index contributed by atoms with van der Waals surface area (Å²) in [7, 11) is 0. The van der Waals surface area contributed by atoms with Gasteiger partial charge in [0.1, 0.15) is 0 Å². The number of carboxylic acids is 1. The lowest BCUT2D eigenvalue weighted by Gasteiger charge is -2.13. The van der Waals surface area contributed by atoms with Crippen LogP contribution < -0.4 is 5.73 Å². The predicted octanol–water partition coefficient (Wildman–Crippen LogP) is 3.80. The van der Waals surface area contributed by atoms with Crippen LogP contribution in [0.1, 0.15) is 33.5 Å². The number of benzene rings is 2. The molecule has 0 amide bonds. The molecule has 0 saturated heterocycles.